The summed E-state index contributed by atoms with van der Waals surface area (Å²) in [5, 5.41) is 2.51. The minimum absolute atomic E-state index is 0.103. The summed E-state index contributed by atoms with van der Waals surface area (Å²) in [6.07, 6.45) is -0.0739. The van der Waals surface area contributed by atoms with E-state index < -0.39 is 19.2 Å². The first-order chi connectivity index (χ1) is 8.66. The van der Waals surface area contributed by atoms with E-state index in [-0.39, 0.29) is 19.1 Å². The number of benzene rings is 1. The fourth-order valence-corrected chi connectivity index (χ4v) is 1.80. The highest BCUT2D eigenvalue weighted by atomic mass is 19.2. The highest BCUT2D eigenvalue weighted by molar-refractivity contribution is 6.46. The van der Waals surface area contributed by atoms with Crippen molar-refractivity contribution in [1.29, 1.82) is 0 Å². The summed E-state index contributed by atoms with van der Waals surface area (Å²) in [5.41, 5.74) is 0.893. The van der Waals surface area contributed by atoms with Gasteiger partial charge in [0.15, 0.2) is 0 Å². The Morgan fingerprint density at radius 1 is 1.39 bits per heavy atom. The van der Waals surface area contributed by atoms with Gasteiger partial charge in [-0.2, -0.15) is 0 Å². The van der Waals surface area contributed by atoms with Crippen LogP contribution in [0, 0.1) is 5.92 Å². The van der Waals surface area contributed by atoms with Crippen LogP contribution in [0.1, 0.15) is 12.0 Å². The Bertz CT molecular complexity index is 402. The molecule has 2 atom stereocenters. The Morgan fingerprint density at radius 3 is 2.72 bits per heavy atom. The smallest absolute Gasteiger partial charge is 0.445 e. The van der Waals surface area contributed by atoms with Gasteiger partial charge in [-0.3, -0.25) is 8.63 Å². The molecule has 1 amide bonds. The van der Waals surface area contributed by atoms with Gasteiger partial charge in [0, 0.05) is 12.4 Å². The summed E-state index contributed by atoms with van der Waals surface area (Å²) < 4.78 is 29.4. The van der Waals surface area contributed by atoms with Crippen LogP contribution in [0.3, 0.4) is 0 Å². The first-order valence-corrected chi connectivity index (χ1v) is 5.89. The highest BCUT2D eigenvalue weighted by Crippen LogP contribution is 2.47. The van der Waals surface area contributed by atoms with Crippen molar-refractivity contribution >= 4 is 13.4 Å². The number of halogens is 2. The number of ether oxygens (including phenoxy) is 1. The second-order valence-corrected chi connectivity index (χ2v) is 4.44. The first kappa shape index (κ1) is 12.9. The molecule has 1 aliphatic rings. The molecule has 0 unspecified atom stereocenters. The number of hydrogen-bond donors (Lipinski definition) is 1. The summed E-state index contributed by atoms with van der Waals surface area (Å²) in [6.45, 7) is 0.457. The standard InChI is InChI=1S/C12H14BF2NO2/c14-13(15)11-6-10(11)7-16-12(17)18-8-9-4-2-1-3-5-9/h1-5,10-11H,6-8H2,(H,16,17)/t10-,11+/m1/s1. The van der Waals surface area contributed by atoms with Crippen molar-refractivity contribution in [3.8, 4) is 0 Å². The monoisotopic (exact) mass is 253 g/mol. The summed E-state index contributed by atoms with van der Waals surface area (Å²) in [6, 6.07) is 9.28. The third-order valence-electron chi connectivity index (χ3n) is 3.02. The van der Waals surface area contributed by atoms with Gasteiger partial charge in [-0.25, -0.2) is 4.79 Å². The van der Waals surface area contributed by atoms with Crippen molar-refractivity contribution in [2.24, 2.45) is 5.92 Å². The number of alkyl carbamates (subject to hydrolysis) is 1. The molecule has 0 spiro atoms. The van der Waals surface area contributed by atoms with Crippen molar-refractivity contribution in [2.45, 2.75) is 18.8 Å². The van der Waals surface area contributed by atoms with Crippen molar-refractivity contribution in [2.75, 3.05) is 6.54 Å². The van der Waals surface area contributed by atoms with Crippen LogP contribution in [0.2, 0.25) is 5.82 Å². The molecule has 6 heteroatoms. The fourth-order valence-electron chi connectivity index (χ4n) is 1.80. The lowest BCUT2D eigenvalue weighted by Crippen LogP contribution is -2.26. The Labute approximate surface area is 105 Å². The molecule has 0 bridgehead atoms. The van der Waals surface area contributed by atoms with Gasteiger partial charge >= 0.3 is 13.4 Å². The van der Waals surface area contributed by atoms with Crippen LogP contribution in [0.25, 0.3) is 0 Å². The summed E-state index contributed by atoms with van der Waals surface area (Å²) in [4.78, 5) is 11.3. The van der Waals surface area contributed by atoms with Crippen LogP contribution in [-0.2, 0) is 11.3 Å². The molecule has 0 heterocycles. The fraction of sp³-hybridized carbons (Fsp3) is 0.417. The molecule has 1 N–H and O–H groups in total. The second kappa shape index (κ2) is 5.84. The van der Waals surface area contributed by atoms with Gasteiger partial charge in [0.1, 0.15) is 6.61 Å². The van der Waals surface area contributed by atoms with Crippen LogP contribution < -0.4 is 5.32 Å². The number of nitrogens with one attached hydrogen (secondary N) is 1. The van der Waals surface area contributed by atoms with Crippen molar-refractivity contribution in [3.63, 3.8) is 0 Å². The van der Waals surface area contributed by atoms with E-state index in [4.69, 9.17) is 4.74 Å². The van der Waals surface area contributed by atoms with E-state index in [1.54, 1.807) is 0 Å². The molecule has 0 aliphatic heterocycles. The summed E-state index contributed by atoms with van der Waals surface area (Å²) >= 11 is 0. The van der Waals surface area contributed by atoms with E-state index in [0.717, 1.165) is 5.56 Å². The number of hydrogen-bond acceptors (Lipinski definition) is 2. The van der Waals surface area contributed by atoms with Gasteiger partial charge in [-0.05, 0) is 17.9 Å². The van der Waals surface area contributed by atoms with Gasteiger partial charge in [0.05, 0.1) is 0 Å². The molecule has 18 heavy (non-hydrogen) atoms. The molecule has 1 saturated carbocycles. The van der Waals surface area contributed by atoms with E-state index in [0.29, 0.717) is 6.42 Å². The lowest BCUT2D eigenvalue weighted by Gasteiger charge is -2.06. The van der Waals surface area contributed by atoms with Crippen molar-refractivity contribution in [1.82, 2.24) is 5.32 Å². The number of amides is 1. The normalized spacial score (nSPS) is 21.2. The van der Waals surface area contributed by atoms with Gasteiger partial charge in [-0.1, -0.05) is 30.3 Å². The largest absolute Gasteiger partial charge is 0.541 e. The molecule has 0 radical (unpaired) electrons. The molecular weight excluding hydrogens is 239 g/mol. The lowest BCUT2D eigenvalue weighted by atomic mass is 9.88. The average Bonchev–Trinajstić information content (AvgIpc) is 3.15. The molecular formula is C12H14BF2NO2. The number of carbonyl (C=O) groups is 1. The Morgan fingerprint density at radius 2 is 2.11 bits per heavy atom. The van der Waals surface area contributed by atoms with E-state index in [9.17, 15) is 13.4 Å². The molecule has 0 saturated heterocycles. The van der Waals surface area contributed by atoms with E-state index >= 15 is 0 Å². The summed E-state index contributed by atoms with van der Waals surface area (Å²) in [7, 11) is -2.28. The maximum atomic E-state index is 12.2. The highest BCUT2D eigenvalue weighted by Gasteiger charge is 2.47. The van der Waals surface area contributed by atoms with Crippen LogP contribution >= 0.6 is 0 Å². The van der Waals surface area contributed by atoms with E-state index in [2.05, 4.69) is 5.32 Å². The topological polar surface area (TPSA) is 38.3 Å². The van der Waals surface area contributed by atoms with Gasteiger partial charge < -0.3 is 10.1 Å². The third kappa shape index (κ3) is 3.72. The molecule has 96 valence electrons. The zero-order valence-electron chi connectivity index (χ0n) is 9.81. The van der Waals surface area contributed by atoms with Crippen LogP contribution in [0.4, 0.5) is 13.4 Å². The van der Waals surface area contributed by atoms with E-state index in [1.165, 1.54) is 0 Å². The Hall–Kier alpha value is -1.59. The number of rotatable bonds is 5. The van der Waals surface area contributed by atoms with Gasteiger partial charge in [-0.15, -0.1) is 0 Å². The van der Waals surface area contributed by atoms with Crippen molar-refractivity contribution < 1.29 is 18.2 Å². The minimum atomic E-state index is -2.28. The second-order valence-electron chi connectivity index (χ2n) is 4.44. The summed E-state index contributed by atoms with van der Waals surface area (Å²) in [5.74, 6) is -0.659. The van der Waals surface area contributed by atoms with Gasteiger partial charge in [0.2, 0.25) is 0 Å². The van der Waals surface area contributed by atoms with Crippen molar-refractivity contribution in [3.05, 3.63) is 35.9 Å². The Kier molecular flexibility index (Phi) is 4.17. The quantitative estimate of drug-likeness (QED) is 0.819. The molecule has 1 aromatic rings. The molecule has 3 nitrogen and oxygen atoms in total. The lowest BCUT2D eigenvalue weighted by molar-refractivity contribution is 0.139. The maximum absolute atomic E-state index is 12.2. The molecule has 1 aromatic carbocycles. The first-order valence-electron chi connectivity index (χ1n) is 5.89. The predicted molar refractivity (Wildman–Crippen MR) is 64.5 cm³/mol. The zero-order valence-corrected chi connectivity index (χ0v) is 9.81. The average molecular weight is 253 g/mol. The van der Waals surface area contributed by atoms with Crippen LogP contribution in [-0.4, -0.2) is 19.9 Å². The van der Waals surface area contributed by atoms with Crippen LogP contribution in [0.15, 0.2) is 30.3 Å². The Balaban J connectivity index is 1.62. The zero-order chi connectivity index (χ0) is 13.0. The molecule has 0 aromatic heterocycles. The predicted octanol–water partition coefficient (Wildman–Crippen LogP) is 2.73. The van der Waals surface area contributed by atoms with E-state index in [1.807, 2.05) is 30.3 Å². The SMILES string of the molecule is O=C(NC[C@H]1C[C@@H]1B(F)F)OCc1ccccc1. The van der Waals surface area contributed by atoms with Crippen LogP contribution in [0.5, 0.6) is 0 Å². The molecule has 2 rings (SSSR count). The molecule has 1 aliphatic carbocycles. The van der Waals surface area contributed by atoms with Gasteiger partial charge in [0.25, 0.3) is 0 Å². The third-order valence-corrected chi connectivity index (χ3v) is 3.02. The number of carbonyl (C=O) groups excluding carboxylic acids is 1. The minimum Gasteiger partial charge on any atom is -0.445 e. The maximum Gasteiger partial charge on any atom is 0.541 e. The molecule has 1 fully saturated rings.